The molecule has 26 heavy (non-hydrogen) atoms. The molecule has 2 amide bonds. The summed E-state index contributed by atoms with van der Waals surface area (Å²) in [6.45, 7) is 3.93. The van der Waals surface area contributed by atoms with E-state index in [-0.39, 0.29) is 24.8 Å². The molecule has 0 saturated carbocycles. The van der Waals surface area contributed by atoms with Crippen LogP contribution in [-0.4, -0.2) is 18.4 Å². The number of anilines is 1. The largest absolute Gasteiger partial charge is 0.347 e. The first-order chi connectivity index (χ1) is 12.5. The molecule has 0 atom stereocenters. The van der Waals surface area contributed by atoms with E-state index in [1.54, 1.807) is 0 Å². The highest BCUT2D eigenvalue weighted by Crippen LogP contribution is 2.22. The first-order valence-electron chi connectivity index (χ1n) is 8.63. The molecule has 3 aromatic rings. The van der Waals surface area contributed by atoms with Gasteiger partial charge in [0.15, 0.2) is 0 Å². The van der Waals surface area contributed by atoms with Crippen LogP contribution in [0.25, 0.3) is 10.8 Å². The molecule has 2 N–H and O–H groups in total. The highest BCUT2D eigenvalue weighted by molar-refractivity contribution is 6.03. The van der Waals surface area contributed by atoms with Crippen LogP contribution in [0.1, 0.15) is 16.7 Å². The van der Waals surface area contributed by atoms with Crippen molar-refractivity contribution in [3.8, 4) is 0 Å². The Balaban J connectivity index is 1.58. The summed E-state index contributed by atoms with van der Waals surface area (Å²) < 4.78 is 0. The molecule has 0 radical (unpaired) electrons. The van der Waals surface area contributed by atoms with Gasteiger partial charge in [-0.15, -0.1) is 0 Å². The second-order valence-electron chi connectivity index (χ2n) is 6.46. The van der Waals surface area contributed by atoms with Gasteiger partial charge in [0.05, 0.1) is 13.0 Å². The van der Waals surface area contributed by atoms with E-state index < -0.39 is 0 Å². The van der Waals surface area contributed by atoms with E-state index in [9.17, 15) is 9.59 Å². The zero-order valence-corrected chi connectivity index (χ0v) is 15.0. The lowest BCUT2D eigenvalue weighted by Gasteiger charge is -2.10. The van der Waals surface area contributed by atoms with Crippen LogP contribution in [0.5, 0.6) is 0 Å². The molecule has 0 aromatic heterocycles. The first kappa shape index (κ1) is 17.7. The molecule has 3 rings (SSSR count). The predicted octanol–water partition coefficient (Wildman–Crippen LogP) is 3.75. The molecule has 4 nitrogen and oxygen atoms in total. The Morgan fingerprint density at radius 1 is 0.885 bits per heavy atom. The average molecular weight is 346 g/mol. The number of nitrogens with one attached hydrogen (secondary N) is 2. The van der Waals surface area contributed by atoms with Gasteiger partial charge in [-0.05, 0) is 36.4 Å². The molecule has 0 spiro atoms. The van der Waals surface area contributed by atoms with Gasteiger partial charge >= 0.3 is 0 Å². The molecule has 0 fully saturated rings. The van der Waals surface area contributed by atoms with E-state index >= 15 is 0 Å². The van der Waals surface area contributed by atoms with Gasteiger partial charge in [0.2, 0.25) is 11.8 Å². The molecule has 0 unspecified atom stereocenters. The summed E-state index contributed by atoms with van der Waals surface area (Å²) in [6.07, 6.45) is 0.273. The smallest absolute Gasteiger partial charge is 0.243 e. The van der Waals surface area contributed by atoms with Gasteiger partial charge in [-0.3, -0.25) is 9.59 Å². The summed E-state index contributed by atoms with van der Waals surface area (Å²) in [4.78, 5) is 24.4. The van der Waals surface area contributed by atoms with Crippen molar-refractivity contribution in [3.63, 3.8) is 0 Å². The molecule has 4 heteroatoms. The van der Waals surface area contributed by atoms with Crippen molar-refractivity contribution in [2.45, 2.75) is 20.3 Å². The van der Waals surface area contributed by atoms with Gasteiger partial charge in [-0.25, -0.2) is 0 Å². The van der Waals surface area contributed by atoms with E-state index in [0.29, 0.717) is 0 Å². The molecular weight excluding hydrogens is 324 g/mol. The van der Waals surface area contributed by atoms with Crippen molar-refractivity contribution in [1.29, 1.82) is 0 Å². The maximum absolute atomic E-state index is 12.2. The fourth-order valence-corrected chi connectivity index (χ4v) is 2.93. The van der Waals surface area contributed by atoms with Crippen LogP contribution >= 0.6 is 0 Å². The number of benzene rings is 3. The van der Waals surface area contributed by atoms with E-state index in [2.05, 4.69) is 10.6 Å². The number of hydrogen-bond donors (Lipinski definition) is 2. The predicted molar refractivity (Wildman–Crippen MR) is 105 cm³/mol. The molecule has 0 aliphatic carbocycles. The third-order valence-corrected chi connectivity index (χ3v) is 4.37. The lowest BCUT2D eigenvalue weighted by Crippen LogP contribution is -2.33. The number of rotatable bonds is 5. The van der Waals surface area contributed by atoms with Crippen molar-refractivity contribution in [2.24, 2.45) is 0 Å². The average Bonchev–Trinajstić information content (AvgIpc) is 2.63. The minimum atomic E-state index is -0.240. The van der Waals surface area contributed by atoms with Gasteiger partial charge in [0.25, 0.3) is 0 Å². The molecule has 3 aromatic carbocycles. The van der Waals surface area contributed by atoms with Gasteiger partial charge in [-0.2, -0.15) is 0 Å². The van der Waals surface area contributed by atoms with Crippen molar-refractivity contribution in [3.05, 3.63) is 77.4 Å². The van der Waals surface area contributed by atoms with Crippen molar-refractivity contribution >= 4 is 28.3 Å². The highest BCUT2D eigenvalue weighted by atomic mass is 16.2. The summed E-state index contributed by atoms with van der Waals surface area (Å²) in [5.74, 6) is -0.401. The molecular formula is C22H22N2O2. The second-order valence-corrected chi connectivity index (χ2v) is 6.46. The van der Waals surface area contributed by atoms with Crippen LogP contribution in [0.4, 0.5) is 5.69 Å². The maximum atomic E-state index is 12.2. The SMILES string of the molecule is Cc1ccc(C)c(CC(=O)NCC(=O)Nc2cccc3ccccc23)c1. The van der Waals surface area contributed by atoms with E-state index in [4.69, 9.17) is 0 Å². The van der Waals surface area contributed by atoms with Crippen molar-refractivity contribution < 1.29 is 9.59 Å². The quantitative estimate of drug-likeness (QED) is 0.739. The minimum absolute atomic E-state index is 0.0487. The molecule has 0 aliphatic rings. The van der Waals surface area contributed by atoms with E-state index in [1.165, 1.54) is 0 Å². The third-order valence-electron chi connectivity index (χ3n) is 4.37. The van der Waals surface area contributed by atoms with Crippen molar-refractivity contribution in [2.75, 3.05) is 11.9 Å². The Bertz CT molecular complexity index is 958. The molecule has 0 heterocycles. The van der Waals surface area contributed by atoms with Crippen LogP contribution in [0.15, 0.2) is 60.7 Å². The summed E-state index contributed by atoms with van der Waals surface area (Å²) in [5.41, 5.74) is 3.92. The number of fused-ring (bicyclic) bond motifs is 1. The Morgan fingerprint density at radius 2 is 1.65 bits per heavy atom. The standard InChI is InChI=1S/C22H22N2O2/c1-15-10-11-16(2)18(12-15)13-21(25)23-14-22(26)24-20-9-5-7-17-6-3-4-8-19(17)20/h3-12H,13-14H2,1-2H3,(H,23,25)(H,24,26). The number of carbonyl (C=O) groups is 2. The highest BCUT2D eigenvalue weighted by Gasteiger charge is 2.10. The van der Waals surface area contributed by atoms with Crippen LogP contribution in [0.2, 0.25) is 0 Å². The fourth-order valence-electron chi connectivity index (χ4n) is 2.93. The van der Waals surface area contributed by atoms with Gasteiger partial charge in [-0.1, -0.05) is 60.2 Å². The van der Waals surface area contributed by atoms with Gasteiger partial charge in [0.1, 0.15) is 0 Å². The molecule has 0 aliphatic heterocycles. The maximum Gasteiger partial charge on any atom is 0.243 e. The van der Waals surface area contributed by atoms with Crippen LogP contribution in [-0.2, 0) is 16.0 Å². The topological polar surface area (TPSA) is 58.2 Å². The van der Waals surface area contributed by atoms with Gasteiger partial charge < -0.3 is 10.6 Å². The number of carbonyl (C=O) groups excluding carboxylic acids is 2. The lowest BCUT2D eigenvalue weighted by atomic mass is 10.0. The number of amides is 2. The summed E-state index contributed by atoms with van der Waals surface area (Å²) in [6, 6.07) is 19.6. The Hall–Kier alpha value is -3.14. The third kappa shape index (κ3) is 4.28. The molecule has 0 saturated heterocycles. The molecule has 0 bridgehead atoms. The van der Waals surface area contributed by atoms with Crippen LogP contribution < -0.4 is 10.6 Å². The normalized spacial score (nSPS) is 10.5. The minimum Gasteiger partial charge on any atom is -0.347 e. The van der Waals surface area contributed by atoms with Crippen LogP contribution in [0.3, 0.4) is 0 Å². The first-order valence-corrected chi connectivity index (χ1v) is 8.63. The Morgan fingerprint density at radius 3 is 2.50 bits per heavy atom. The Labute approximate surface area is 153 Å². The van der Waals surface area contributed by atoms with Crippen LogP contribution in [0, 0.1) is 13.8 Å². The number of aryl methyl sites for hydroxylation is 2. The monoisotopic (exact) mass is 346 g/mol. The molecule has 132 valence electrons. The lowest BCUT2D eigenvalue weighted by molar-refractivity contribution is -0.123. The number of hydrogen-bond acceptors (Lipinski definition) is 2. The Kier molecular flexibility index (Phi) is 5.32. The van der Waals surface area contributed by atoms with Gasteiger partial charge in [0, 0.05) is 11.1 Å². The zero-order chi connectivity index (χ0) is 18.5. The summed E-state index contributed by atoms with van der Waals surface area (Å²) >= 11 is 0. The van der Waals surface area contributed by atoms with E-state index in [1.807, 2.05) is 74.5 Å². The van der Waals surface area contributed by atoms with E-state index in [0.717, 1.165) is 33.2 Å². The summed E-state index contributed by atoms with van der Waals surface area (Å²) in [5, 5.41) is 7.60. The zero-order valence-electron chi connectivity index (χ0n) is 15.0. The second kappa shape index (κ2) is 7.83. The summed E-state index contributed by atoms with van der Waals surface area (Å²) in [7, 11) is 0. The van der Waals surface area contributed by atoms with Crippen molar-refractivity contribution in [1.82, 2.24) is 5.32 Å². The fraction of sp³-hybridized carbons (Fsp3) is 0.182.